The van der Waals surface area contributed by atoms with Crippen molar-refractivity contribution in [2.75, 3.05) is 6.16 Å². The lowest BCUT2D eigenvalue weighted by molar-refractivity contribution is -0.147. The summed E-state index contributed by atoms with van der Waals surface area (Å²) in [7, 11) is -9.91. The normalized spacial score (nSPS) is 12.3. The van der Waals surface area contributed by atoms with Crippen molar-refractivity contribution in [3.8, 4) is 0 Å². The van der Waals surface area contributed by atoms with Crippen molar-refractivity contribution in [3.05, 3.63) is 0 Å². The van der Waals surface area contributed by atoms with Gasteiger partial charge in [0.05, 0.1) is 0 Å². The molecule has 0 bridgehead atoms. The molecule has 0 aliphatic rings. The summed E-state index contributed by atoms with van der Waals surface area (Å²) in [5.41, 5.74) is 0. The van der Waals surface area contributed by atoms with Gasteiger partial charge in [-0.3, -0.25) is 19.1 Å². The van der Waals surface area contributed by atoms with Crippen molar-refractivity contribution in [3.63, 3.8) is 0 Å². The van der Waals surface area contributed by atoms with Crippen LogP contribution in [0.15, 0.2) is 0 Å². The first-order valence-corrected chi connectivity index (χ1v) is 6.21. The van der Waals surface area contributed by atoms with Crippen molar-refractivity contribution in [1.29, 1.82) is 0 Å². The Balaban J connectivity index is 4.37. The molecule has 4 N–H and O–H groups in total. The highest BCUT2D eigenvalue weighted by atomic mass is 31.2. The zero-order valence-electron chi connectivity index (χ0n) is 6.43. The molecular formula is C3H6O9P2. The maximum atomic E-state index is 10.5. The number of carbonyl (C=O) groups excluding carboxylic acids is 2. The molecule has 0 aromatic carbocycles. The summed E-state index contributed by atoms with van der Waals surface area (Å²) in [6.07, 6.45) is -1.45. The van der Waals surface area contributed by atoms with Crippen LogP contribution in [-0.2, 0) is 23.2 Å². The molecule has 0 radical (unpaired) electrons. The first-order chi connectivity index (χ1) is 6.01. The summed E-state index contributed by atoms with van der Waals surface area (Å²) in [5.74, 6) is -3.69. The zero-order chi connectivity index (χ0) is 11.6. The molecule has 0 aromatic heterocycles. The number of phosphoric acid groups is 1. The van der Waals surface area contributed by atoms with Crippen LogP contribution in [0.3, 0.4) is 0 Å². The van der Waals surface area contributed by atoms with Crippen LogP contribution in [0, 0.1) is 0 Å². The molecule has 0 aliphatic heterocycles. The van der Waals surface area contributed by atoms with Gasteiger partial charge in [0.2, 0.25) is 0 Å². The van der Waals surface area contributed by atoms with Crippen molar-refractivity contribution in [2.45, 2.75) is 0 Å². The Bertz CT molecular complexity index is 298. The highest BCUT2D eigenvalue weighted by Crippen LogP contribution is 2.38. The van der Waals surface area contributed by atoms with Crippen molar-refractivity contribution in [1.82, 2.24) is 0 Å². The Hall–Kier alpha value is -0.560. The molecule has 0 spiro atoms. The van der Waals surface area contributed by atoms with Crippen LogP contribution in [0.25, 0.3) is 0 Å². The second-order valence-electron chi connectivity index (χ2n) is 2.12. The van der Waals surface area contributed by atoms with Gasteiger partial charge < -0.3 is 14.3 Å². The Morgan fingerprint density at radius 1 is 1.07 bits per heavy atom. The number of hydrogen-bond donors (Lipinski definition) is 4. The third-order valence-electron chi connectivity index (χ3n) is 0.779. The van der Waals surface area contributed by atoms with E-state index in [2.05, 4.69) is 4.52 Å². The van der Waals surface area contributed by atoms with Crippen LogP contribution in [0.5, 0.6) is 0 Å². The summed E-state index contributed by atoms with van der Waals surface area (Å²) >= 11 is 0. The molecule has 82 valence electrons. The van der Waals surface area contributed by atoms with Crippen LogP contribution in [0.1, 0.15) is 0 Å². The first kappa shape index (κ1) is 13.4. The predicted octanol–water partition coefficient (Wildman–Crippen LogP) is -1.63. The molecule has 0 amide bonds. The third-order valence-corrected chi connectivity index (χ3v) is 1.88. The van der Waals surface area contributed by atoms with Gasteiger partial charge in [0.1, 0.15) is 6.16 Å². The maximum absolute atomic E-state index is 10.5. The summed E-state index contributed by atoms with van der Waals surface area (Å²) in [4.78, 5) is 53.5. The average Bonchev–Trinajstić information content (AvgIpc) is 1.78. The SMILES string of the molecule is O=C(CP(=O)(O)O)C(=O)OP(=O)(O)O. The number of ketones is 1. The van der Waals surface area contributed by atoms with Gasteiger partial charge in [-0.25, -0.2) is 9.36 Å². The van der Waals surface area contributed by atoms with Gasteiger partial charge in [0, 0.05) is 0 Å². The first-order valence-electron chi connectivity index (χ1n) is 2.88. The van der Waals surface area contributed by atoms with Crippen molar-refractivity contribution >= 4 is 27.2 Å². The number of Topliss-reactive ketones (excluding diaryl/α,β-unsaturated/α-hetero) is 1. The third kappa shape index (κ3) is 6.90. The average molecular weight is 248 g/mol. The highest BCUT2D eigenvalue weighted by molar-refractivity contribution is 7.53. The molecule has 0 saturated carbocycles. The Labute approximate surface area is 77.1 Å². The Morgan fingerprint density at radius 3 is 1.79 bits per heavy atom. The maximum Gasteiger partial charge on any atom is 0.527 e. The van der Waals surface area contributed by atoms with Gasteiger partial charge in [-0.1, -0.05) is 0 Å². The number of rotatable bonds is 4. The molecule has 0 fully saturated rings. The molecule has 14 heavy (non-hydrogen) atoms. The van der Waals surface area contributed by atoms with Crippen LogP contribution in [-0.4, -0.2) is 37.5 Å². The lowest BCUT2D eigenvalue weighted by Gasteiger charge is -2.04. The van der Waals surface area contributed by atoms with E-state index < -0.39 is 33.3 Å². The molecule has 0 unspecified atom stereocenters. The molecular weight excluding hydrogens is 242 g/mol. The highest BCUT2D eigenvalue weighted by Gasteiger charge is 2.30. The quantitative estimate of drug-likeness (QED) is 0.338. The van der Waals surface area contributed by atoms with Gasteiger partial charge >= 0.3 is 21.4 Å². The molecule has 0 aromatic rings. The fourth-order valence-electron chi connectivity index (χ4n) is 0.411. The predicted molar refractivity (Wildman–Crippen MR) is 40.1 cm³/mol. The van der Waals surface area contributed by atoms with E-state index in [4.69, 9.17) is 19.6 Å². The summed E-state index contributed by atoms with van der Waals surface area (Å²) < 4.78 is 23.5. The van der Waals surface area contributed by atoms with Crippen molar-refractivity contribution in [2.24, 2.45) is 0 Å². The Morgan fingerprint density at radius 2 is 1.50 bits per heavy atom. The summed E-state index contributed by atoms with van der Waals surface area (Å²) in [6, 6.07) is 0. The molecule has 0 rings (SSSR count). The van der Waals surface area contributed by atoms with E-state index >= 15 is 0 Å². The van der Waals surface area contributed by atoms with Crippen LogP contribution < -0.4 is 0 Å². The minimum Gasteiger partial charge on any atom is -0.365 e. The fourth-order valence-corrected chi connectivity index (χ4v) is 1.23. The van der Waals surface area contributed by atoms with E-state index in [1.807, 2.05) is 0 Å². The summed E-state index contributed by atoms with van der Waals surface area (Å²) in [6.45, 7) is 0. The molecule has 0 atom stereocenters. The van der Waals surface area contributed by atoms with E-state index in [-0.39, 0.29) is 0 Å². The standard InChI is InChI=1S/C3H6O9P2/c4-2(1-13(6,7)8)3(5)12-14(9,10)11/h1H2,(H2,6,7,8)(H2,9,10,11). The van der Waals surface area contributed by atoms with E-state index in [9.17, 15) is 18.7 Å². The molecule has 0 saturated heterocycles. The van der Waals surface area contributed by atoms with Crippen LogP contribution >= 0.6 is 15.4 Å². The van der Waals surface area contributed by atoms with Gasteiger partial charge in [0.25, 0.3) is 5.78 Å². The minimum atomic E-state index is -5.16. The minimum absolute atomic E-state index is 1.45. The number of hydrogen-bond acceptors (Lipinski definition) is 5. The topological polar surface area (TPSA) is 158 Å². The number of carbonyl (C=O) groups is 2. The van der Waals surface area contributed by atoms with Gasteiger partial charge in [0.15, 0.2) is 0 Å². The number of phosphoric ester groups is 1. The summed E-state index contributed by atoms with van der Waals surface area (Å²) in [5, 5.41) is 0. The van der Waals surface area contributed by atoms with E-state index in [0.29, 0.717) is 0 Å². The molecule has 11 heteroatoms. The largest absolute Gasteiger partial charge is 0.527 e. The fraction of sp³-hybridized carbons (Fsp3) is 0.333. The zero-order valence-corrected chi connectivity index (χ0v) is 8.22. The lowest BCUT2D eigenvalue weighted by atomic mass is 10.5. The Kier molecular flexibility index (Phi) is 4.14. The lowest BCUT2D eigenvalue weighted by Crippen LogP contribution is -2.19. The smallest absolute Gasteiger partial charge is 0.365 e. The van der Waals surface area contributed by atoms with Gasteiger partial charge in [-0.15, -0.1) is 0 Å². The van der Waals surface area contributed by atoms with Crippen LogP contribution in [0.4, 0.5) is 0 Å². The second kappa shape index (κ2) is 4.31. The van der Waals surface area contributed by atoms with E-state index in [1.165, 1.54) is 0 Å². The van der Waals surface area contributed by atoms with Gasteiger partial charge in [-0.2, -0.15) is 0 Å². The van der Waals surface area contributed by atoms with Crippen molar-refractivity contribution < 1.29 is 42.8 Å². The van der Waals surface area contributed by atoms with E-state index in [1.54, 1.807) is 0 Å². The van der Waals surface area contributed by atoms with Gasteiger partial charge in [-0.05, 0) is 0 Å². The second-order valence-corrected chi connectivity index (χ2v) is 4.92. The van der Waals surface area contributed by atoms with E-state index in [0.717, 1.165) is 0 Å². The molecule has 0 aliphatic carbocycles. The van der Waals surface area contributed by atoms with Crippen LogP contribution in [0.2, 0.25) is 0 Å². The molecule has 9 nitrogen and oxygen atoms in total. The molecule has 0 heterocycles. The monoisotopic (exact) mass is 248 g/mol.